The van der Waals surface area contributed by atoms with E-state index in [4.69, 9.17) is 0 Å². The standard InChI is InChI=1S/C20H23N3O2/c24-23(25)18-8-4-7-17(15-18)21-11-13-22(14-12-21)20-10-3-6-16-5-1-2-9-19(16)20/h1-2,4-5,7-9,15,20H,3,6,10-14H2/t20-/m1/s1. The van der Waals surface area contributed by atoms with Gasteiger partial charge in [-0.1, -0.05) is 30.3 Å². The minimum Gasteiger partial charge on any atom is -0.369 e. The van der Waals surface area contributed by atoms with E-state index in [2.05, 4.69) is 34.1 Å². The number of aryl methyl sites for hydroxylation is 1. The van der Waals surface area contributed by atoms with Crippen molar-refractivity contribution in [3.8, 4) is 0 Å². The lowest BCUT2D eigenvalue weighted by Crippen LogP contribution is -2.48. The number of anilines is 1. The molecule has 0 aromatic heterocycles. The molecule has 0 bridgehead atoms. The predicted molar refractivity (Wildman–Crippen MR) is 99.0 cm³/mol. The lowest BCUT2D eigenvalue weighted by Gasteiger charge is -2.42. The highest BCUT2D eigenvalue weighted by atomic mass is 16.6. The molecule has 1 fully saturated rings. The van der Waals surface area contributed by atoms with Crippen molar-refractivity contribution in [1.82, 2.24) is 4.90 Å². The summed E-state index contributed by atoms with van der Waals surface area (Å²) in [7, 11) is 0. The highest BCUT2D eigenvalue weighted by molar-refractivity contribution is 5.53. The van der Waals surface area contributed by atoms with E-state index in [1.54, 1.807) is 18.2 Å². The third-order valence-corrected chi connectivity index (χ3v) is 5.50. The Labute approximate surface area is 148 Å². The molecule has 130 valence electrons. The molecule has 0 radical (unpaired) electrons. The molecular weight excluding hydrogens is 314 g/mol. The maximum atomic E-state index is 11.0. The Balaban J connectivity index is 1.46. The molecule has 1 aliphatic heterocycles. The van der Waals surface area contributed by atoms with Crippen LogP contribution in [0, 0.1) is 10.1 Å². The Morgan fingerprint density at radius 3 is 2.60 bits per heavy atom. The molecule has 25 heavy (non-hydrogen) atoms. The maximum absolute atomic E-state index is 11.0. The van der Waals surface area contributed by atoms with E-state index >= 15 is 0 Å². The van der Waals surface area contributed by atoms with Crippen LogP contribution in [-0.4, -0.2) is 36.0 Å². The van der Waals surface area contributed by atoms with E-state index in [-0.39, 0.29) is 10.6 Å². The van der Waals surface area contributed by atoms with Crippen molar-refractivity contribution in [3.05, 3.63) is 69.8 Å². The van der Waals surface area contributed by atoms with Crippen molar-refractivity contribution in [2.24, 2.45) is 0 Å². The molecule has 5 heteroatoms. The second-order valence-electron chi connectivity index (χ2n) is 6.91. The average Bonchev–Trinajstić information content (AvgIpc) is 2.68. The van der Waals surface area contributed by atoms with Crippen molar-refractivity contribution in [2.45, 2.75) is 25.3 Å². The number of hydrogen-bond donors (Lipinski definition) is 0. The van der Waals surface area contributed by atoms with E-state index in [1.807, 2.05) is 6.07 Å². The zero-order chi connectivity index (χ0) is 17.2. The molecular formula is C20H23N3O2. The van der Waals surface area contributed by atoms with Gasteiger partial charge in [-0.2, -0.15) is 0 Å². The Morgan fingerprint density at radius 1 is 1.00 bits per heavy atom. The van der Waals surface area contributed by atoms with Crippen LogP contribution in [0.15, 0.2) is 48.5 Å². The lowest BCUT2D eigenvalue weighted by atomic mass is 9.86. The quantitative estimate of drug-likeness (QED) is 0.631. The van der Waals surface area contributed by atoms with Crippen LogP contribution in [0.3, 0.4) is 0 Å². The SMILES string of the molecule is O=[N+]([O-])c1cccc(N2CCN([C@@H]3CCCc4ccccc43)CC2)c1. The monoisotopic (exact) mass is 337 g/mol. The minimum atomic E-state index is -0.321. The number of piperazine rings is 1. The molecule has 1 aliphatic carbocycles. The van der Waals surface area contributed by atoms with Gasteiger partial charge < -0.3 is 4.90 Å². The Hall–Kier alpha value is -2.40. The first-order valence-corrected chi connectivity index (χ1v) is 9.03. The summed E-state index contributed by atoms with van der Waals surface area (Å²) < 4.78 is 0. The highest BCUT2D eigenvalue weighted by Crippen LogP contribution is 2.35. The van der Waals surface area contributed by atoms with Crippen LogP contribution in [0.5, 0.6) is 0 Å². The van der Waals surface area contributed by atoms with Crippen molar-refractivity contribution in [1.29, 1.82) is 0 Å². The smallest absolute Gasteiger partial charge is 0.271 e. The van der Waals surface area contributed by atoms with Gasteiger partial charge in [-0.15, -0.1) is 0 Å². The second-order valence-corrected chi connectivity index (χ2v) is 6.91. The summed E-state index contributed by atoms with van der Waals surface area (Å²) in [5, 5.41) is 11.0. The summed E-state index contributed by atoms with van der Waals surface area (Å²) in [6, 6.07) is 16.3. The summed E-state index contributed by atoms with van der Waals surface area (Å²) >= 11 is 0. The number of hydrogen-bond acceptors (Lipinski definition) is 4. The van der Waals surface area contributed by atoms with Gasteiger partial charge in [0.15, 0.2) is 0 Å². The van der Waals surface area contributed by atoms with Crippen molar-refractivity contribution >= 4 is 11.4 Å². The fourth-order valence-electron chi connectivity index (χ4n) is 4.20. The van der Waals surface area contributed by atoms with Gasteiger partial charge >= 0.3 is 0 Å². The van der Waals surface area contributed by atoms with Crippen LogP contribution < -0.4 is 4.90 Å². The van der Waals surface area contributed by atoms with Crippen LogP contribution in [0.25, 0.3) is 0 Å². The first-order valence-electron chi connectivity index (χ1n) is 9.03. The average molecular weight is 337 g/mol. The summed E-state index contributed by atoms with van der Waals surface area (Å²) in [4.78, 5) is 15.5. The number of nitro benzene ring substituents is 1. The molecule has 1 saturated heterocycles. The maximum Gasteiger partial charge on any atom is 0.271 e. The first-order chi connectivity index (χ1) is 12.2. The third kappa shape index (κ3) is 3.24. The van der Waals surface area contributed by atoms with Gasteiger partial charge in [-0.25, -0.2) is 0 Å². The van der Waals surface area contributed by atoms with Crippen LogP contribution >= 0.6 is 0 Å². The van der Waals surface area contributed by atoms with Gasteiger partial charge in [0.1, 0.15) is 0 Å². The van der Waals surface area contributed by atoms with Crippen molar-refractivity contribution in [3.63, 3.8) is 0 Å². The fraction of sp³-hybridized carbons (Fsp3) is 0.400. The van der Waals surface area contributed by atoms with Crippen LogP contribution in [0.4, 0.5) is 11.4 Å². The van der Waals surface area contributed by atoms with Gasteiger partial charge in [0.25, 0.3) is 5.69 Å². The normalized spacial score (nSPS) is 21.0. The highest BCUT2D eigenvalue weighted by Gasteiger charge is 2.28. The molecule has 0 saturated carbocycles. The van der Waals surface area contributed by atoms with E-state index in [0.29, 0.717) is 6.04 Å². The number of nitro groups is 1. The number of rotatable bonds is 3. The van der Waals surface area contributed by atoms with E-state index < -0.39 is 0 Å². The van der Waals surface area contributed by atoms with E-state index in [9.17, 15) is 10.1 Å². The van der Waals surface area contributed by atoms with Crippen molar-refractivity contribution < 1.29 is 4.92 Å². The number of fused-ring (bicyclic) bond motifs is 1. The Kier molecular flexibility index (Phi) is 4.40. The molecule has 1 heterocycles. The summed E-state index contributed by atoms with van der Waals surface area (Å²) in [6.07, 6.45) is 3.68. The predicted octanol–water partition coefficient (Wildman–Crippen LogP) is 3.79. The molecule has 0 unspecified atom stereocenters. The van der Waals surface area contributed by atoms with Gasteiger partial charge in [0.2, 0.25) is 0 Å². The molecule has 0 spiro atoms. The number of non-ortho nitro benzene ring substituents is 1. The van der Waals surface area contributed by atoms with Gasteiger partial charge in [0, 0.05) is 50.0 Å². The molecule has 4 rings (SSSR count). The largest absolute Gasteiger partial charge is 0.369 e. The zero-order valence-electron chi connectivity index (χ0n) is 14.3. The lowest BCUT2D eigenvalue weighted by molar-refractivity contribution is -0.384. The zero-order valence-corrected chi connectivity index (χ0v) is 14.3. The molecule has 0 amide bonds. The second kappa shape index (κ2) is 6.84. The van der Waals surface area contributed by atoms with Gasteiger partial charge in [-0.05, 0) is 36.5 Å². The Bertz CT molecular complexity index is 769. The summed E-state index contributed by atoms with van der Waals surface area (Å²) in [6.45, 7) is 3.84. The molecule has 0 N–H and O–H groups in total. The topological polar surface area (TPSA) is 49.6 Å². The van der Waals surface area contributed by atoms with Crippen LogP contribution in [0.2, 0.25) is 0 Å². The molecule has 2 aliphatic rings. The molecule has 1 atom stereocenters. The minimum absolute atomic E-state index is 0.168. The molecule has 2 aromatic rings. The number of nitrogens with zero attached hydrogens (tertiary/aromatic N) is 3. The Morgan fingerprint density at radius 2 is 1.80 bits per heavy atom. The number of benzene rings is 2. The van der Waals surface area contributed by atoms with Crippen LogP contribution in [0.1, 0.15) is 30.0 Å². The summed E-state index contributed by atoms with van der Waals surface area (Å²) in [5.41, 5.74) is 4.12. The van der Waals surface area contributed by atoms with E-state index in [0.717, 1.165) is 31.9 Å². The van der Waals surface area contributed by atoms with E-state index in [1.165, 1.54) is 30.4 Å². The summed E-state index contributed by atoms with van der Waals surface area (Å²) in [5.74, 6) is 0. The molecule has 5 nitrogen and oxygen atoms in total. The van der Waals surface area contributed by atoms with Gasteiger partial charge in [0.05, 0.1) is 4.92 Å². The van der Waals surface area contributed by atoms with Crippen molar-refractivity contribution in [2.75, 3.05) is 31.1 Å². The van der Waals surface area contributed by atoms with Crippen LogP contribution in [-0.2, 0) is 6.42 Å². The third-order valence-electron chi connectivity index (χ3n) is 5.50. The fourth-order valence-corrected chi connectivity index (χ4v) is 4.20. The molecule has 2 aromatic carbocycles. The van der Waals surface area contributed by atoms with Gasteiger partial charge in [-0.3, -0.25) is 15.0 Å². The first kappa shape index (κ1) is 16.1.